The van der Waals surface area contributed by atoms with Crippen LogP contribution >= 0.6 is 0 Å². The summed E-state index contributed by atoms with van der Waals surface area (Å²) in [6.45, 7) is 1.58. The minimum absolute atomic E-state index is 0.373. The smallest absolute Gasteiger partial charge is 0.311 e. The molecule has 0 unspecified atom stereocenters. The lowest BCUT2D eigenvalue weighted by atomic mass is 10.0. The first-order valence-electron chi connectivity index (χ1n) is 3.96. The van der Waals surface area contributed by atoms with Gasteiger partial charge in [0.05, 0.1) is 19.3 Å². The predicted octanol–water partition coefficient (Wildman–Crippen LogP) is 1.12. The number of hydrogen-bond acceptors (Lipinski definition) is 4. The molecular formula is C9H12O4. The lowest BCUT2D eigenvalue weighted by molar-refractivity contribution is -0.149. The van der Waals surface area contributed by atoms with Crippen LogP contribution in [-0.2, 0) is 9.53 Å². The topological polar surface area (TPSA) is 59.7 Å². The van der Waals surface area contributed by atoms with E-state index in [2.05, 4.69) is 4.74 Å². The van der Waals surface area contributed by atoms with E-state index >= 15 is 0 Å². The van der Waals surface area contributed by atoms with E-state index in [1.165, 1.54) is 13.4 Å². The maximum Gasteiger partial charge on any atom is 0.311 e. The molecule has 0 aliphatic heterocycles. The van der Waals surface area contributed by atoms with Gasteiger partial charge in [-0.3, -0.25) is 4.79 Å². The molecule has 1 aromatic rings. The summed E-state index contributed by atoms with van der Waals surface area (Å²) in [6, 6.07) is 3.27. The molecule has 0 radical (unpaired) electrons. The van der Waals surface area contributed by atoms with Crippen molar-refractivity contribution in [3.63, 3.8) is 0 Å². The molecule has 0 saturated carbocycles. The Kier molecular flexibility index (Phi) is 3.08. The highest BCUT2D eigenvalue weighted by atomic mass is 16.5. The Hall–Kier alpha value is -1.29. The molecule has 0 aliphatic rings. The quantitative estimate of drug-likeness (QED) is 0.715. The Labute approximate surface area is 76.1 Å². The van der Waals surface area contributed by atoms with Crippen molar-refractivity contribution in [3.05, 3.63) is 24.2 Å². The van der Waals surface area contributed by atoms with Gasteiger partial charge in [0.2, 0.25) is 0 Å². The van der Waals surface area contributed by atoms with Crippen LogP contribution in [0.1, 0.15) is 18.8 Å². The molecule has 1 N–H and O–H groups in total. The molecule has 1 rings (SSSR count). The van der Waals surface area contributed by atoms with Gasteiger partial charge in [0.1, 0.15) is 11.9 Å². The van der Waals surface area contributed by atoms with Gasteiger partial charge in [-0.1, -0.05) is 0 Å². The number of rotatable bonds is 3. The molecule has 4 heteroatoms. The number of hydrogen-bond donors (Lipinski definition) is 1. The maximum absolute atomic E-state index is 11.0. The van der Waals surface area contributed by atoms with Gasteiger partial charge in [0, 0.05) is 0 Å². The molecule has 0 fully saturated rings. The second-order valence-electron chi connectivity index (χ2n) is 2.77. The monoisotopic (exact) mass is 184 g/mol. The Bertz CT molecular complexity index is 265. The second-order valence-corrected chi connectivity index (χ2v) is 2.77. The van der Waals surface area contributed by atoms with Crippen LogP contribution in [0.25, 0.3) is 0 Å². The first-order valence-corrected chi connectivity index (χ1v) is 3.96. The Morgan fingerprint density at radius 3 is 2.85 bits per heavy atom. The van der Waals surface area contributed by atoms with Crippen LogP contribution in [-0.4, -0.2) is 18.2 Å². The number of aliphatic hydroxyl groups is 1. The van der Waals surface area contributed by atoms with Gasteiger partial charge in [-0.15, -0.1) is 0 Å². The van der Waals surface area contributed by atoms with Crippen LogP contribution in [0.15, 0.2) is 22.8 Å². The fourth-order valence-corrected chi connectivity index (χ4v) is 1.02. The highest BCUT2D eigenvalue weighted by Crippen LogP contribution is 2.22. The predicted molar refractivity (Wildman–Crippen MR) is 44.8 cm³/mol. The minimum Gasteiger partial charge on any atom is -0.469 e. The lowest BCUT2D eigenvalue weighted by Gasteiger charge is -2.13. The van der Waals surface area contributed by atoms with Crippen LogP contribution < -0.4 is 0 Å². The van der Waals surface area contributed by atoms with Crippen molar-refractivity contribution >= 4 is 5.97 Å². The summed E-state index contributed by atoms with van der Waals surface area (Å²) in [6.07, 6.45) is 0.505. The summed E-state index contributed by atoms with van der Waals surface area (Å²) >= 11 is 0. The largest absolute Gasteiger partial charge is 0.469 e. The fourth-order valence-electron chi connectivity index (χ4n) is 1.02. The number of methoxy groups -OCH3 is 1. The highest BCUT2D eigenvalue weighted by molar-refractivity contribution is 5.72. The Morgan fingerprint density at radius 2 is 2.38 bits per heavy atom. The van der Waals surface area contributed by atoms with Gasteiger partial charge in [0.25, 0.3) is 0 Å². The van der Waals surface area contributed by atoms with Gasteiger partial charge in [-0.25, -0.2) is 0 Å². The summed E-state index contributed by atoms with van der Waals surface area (Å²) in [5, 5.41) is 9.58. The molecule has 1 aromatic heterocycles. The molecule has 1 heterocycles. The zero-order valence-electron chi connectivity index (χ0n) is 7.56. The summed E-state index contributed by atoms with van der Waals surface area (Å²) in [5.41, 5.74) is 0. The van der Waals surface area contributed by atoms with E-state index in [4.69, 9.17) is 4.42 Å². The molecule has 0 aliphatic carbocycles. The van der Waals surface area contributed by atoms with E-state index in [-0.39, 0.29) is 0 Å². The molecule has 0 amide bonds. The average Bonchev–Trinajstić information content (AvgIpc) is 2.67. The number of carbonyl (C=O) groups excluding carboxylic acids is 1. The van der Waals surface area contributed by atoms with E-state index < -0.39 is 18.0 Å². The molecule has 4 nitrogen and oxygen atoms in total. The van der Waals surface area contributed by atoms with Gasteiger partial charge in [-0.2, -0.15) is 0 Å². The third kappa shape index (κ3) is 2.09. The van der Waals surface area contributed by atoms with Crippen molar-refractivity contribution in [2.75, 3.05) is 7.11 Å². The first kappa shape index (κ1) is 9.80. The van der Waals surface area contributed by atoms with Crippen LogP contribution in [0.4, 0.5) is 0 Å². The zero-order valence-corrected chi connectivity index (χ0v) is 7.56. The molecule has 72 valence electrons. The third-order valence-electron chi connectivity index (χ3n) is 1.88. The zero-order chi connectivity index (χ0) is 9.84. The summed E-state index contributed by atoms with van der Waals surface area (Å²) in [5.74, 6) is -0.696. The SMILES string of the molecule is COC(=O)[C@H](C)[C@@H](O)c1ccco1. The minimum atomic E-state index is -0.942. The van der Waals surface area contributed by atoms with Gasteiger partial charge in [-0.05, 0) is 19.1 Å². The number of ether oxygens (including phenoxy) is 1. The normalized spacial score (nSPS) is 15.0. The Balaban J connectivity index is 2.68. The molecule has 13 heavy (non-hydrogen) atoms. The standard InChI is InChI=1S/C9H12O4/c1-6(9(11)12-2)8(10)7-4-3-5-13-7/h3-6,8,10H,1-2H3/t6-,8-/m1/s1. The summed E-state index contributed by atoms with van der Waals surface area (Å²) in [4.78, 5) is 11.0. The molecular weight excluding hydrogens is 172 g/mol. The van der Waals surface area contributed by atoms with E-state index in [1.54, 1.807) is 19.1 Å². The summed E-state index contributed by atoms with van der Waals surface area (Å²) in [7, 11) is 1.29. The van der Waals surface area contributed by atoms with Crippen molar-refractivity contribution in [3.8, 4) is 0 Å². The van der Waals surface area contributed by atoms with Gasteiger partial charge in [0.15, 0.2) is 0 Å². The van der Waals surface area contributed by atoms with Crippen molar-refractivity contribution in [2.24, 2.45) is 5.92 Å². The second kappa shape index (κ2) is 4.09. The number of carbonyl (C=O) groups is 1. The molecule has 0 spiro atoms. The van der Waals surface area contributed by atoms with Gasteiger partial charge >= 0.3 is 5.97 Å². The van der Waals surface area contributed by atoms with Crippen LogP contribution in [0.5, 0.6) is 0 Å². The fraction of sp³-hybridized carbons (Fsp3) is 0.444. The average molecular weight is 184 g/mol. The molecule has 0 bridgehead atoms. The van der Waals surface area contributed by atoms with E-state index in [0.29, 0.717) is 5.76 Å². The highest BCUT2D eigenvalue weighted by Gasteiger charge is 2.25. The van der Waals surface area contributed by atoms with Gasteiger partial charge < -0.3 is 14.3 Å². The van der Waals surface area contributed by atoms with Crippen molar-refractivity contribution in [1.82, 2.24) is 0 Å². The number of aliphatic hydroxyl groups excluding tert-OH is 1. The molecule has 0 saturated heterocycles. The van der Waals surface area contributed by atoms with Crippen LogP contribution in [0, 0.1) is 5.92 Å². The Morgan fingerprint density at radius 1 is 1.69 bits per heavy atom. The van der Waals surface area contributed by atoms with Crippen LogP contribution in [0.2, 0.25) is 0 Å². The van der Waals surface area contributed by atoms with Crippen molar-refractivity contribution in [1.29, 1.82) is 0 Å². The number of esters is 1. The van der Waals surface area contributed by atoms with E-state index in [9.17, 15) is 9.90 Å². The van der Waals surface area contributed by atoms with E-state index in [1.807, 2.05) is 0 Å². The first-order chi connectivity index (χ1) is 6.16. The van der Waals surface area contributed by atoms with Crippen molar-refractivity contribution in [2.45, 2.75) is 13.0 Å². The maximum atomic E-state index is 11.0. The lowest BCUT2D eigenvalue weighted by Crippen LogP contribution is -2.20. The molecule has 2 atom stereocenters. The van der Waals surface area contributed by atoms with E-state index in [0.717, 1.165) is 0 Å². The van der Waals surface area contributed by atoms with Crippen LogP contribution in [0.3, 0.4) is 0 Å². The summed E-state index contributed by atoms with van der Waals surface area (Å²) < 4.78 is 9.44. The third-order valence-corrected chi connectivity index (χ3v) is 1.88. The number of furan rings is 1. The van der Waals surface area contributed by atoms with Crippen molar-refractivity contribution < 1.29 is 19.1 Å². The molecule has 0 aromatic carbocycles.